The highest BCUT2D eigenvalue weighted by Crippen LogP contribution is 2.14. The van der Waals surface area contributed by atoms with Crippen LogP contribution in [0.3, 0.4) is 0 Å². The number of hydrogen-bond acceptors (Lipinski definition) is 4. The van der Waals surface area contributed by atoms with Gasteiger partial charge in [-0.15, -0.1) is 0 Å². The Kier molecular flexibility index (Phi) is 8.82. The molecule has 0 radical (unpaired) electrons. The average Bonchev–Trinajstić information content (AvgIpc) is 2.45. The van der Waals surface area contributed by atoms with Crippen molar-refractivity contribution in [2.75, 3.05) is 32.8 Å². The van der Waals surface area contributed by atoms with E-state index in [1.165, 1.54) is 6.42 Å². The van der Waals surface area contributed by atoms with Crippen LogP contribution in [-0.4, -0.2) is 55.7 Å². The van der Waals surface area contributed by atoms with E-state index in [0.717, 1.165) is 58.5 Å². The Balaban J connectivity index is 2.29. The number of nitrogens with two attached hydrogens (primary N) is 1. The molecule has 0 spiro atoms. The van der Waals surface area contributed by atoms with E-state index in [-0.39, 0.29) is 11.9 Å². The number of primary amides is 1. The van der Waals surface area contributed by atoms with Crippen molar-refractivity contribution in [1.82, 2.24) is 10.2 Å². The van der Waals surface area contributed by atoms with Crippen LogP contribution in [0.15, 0.2) is 0 Å². The summed E-state index contributed by atoms with van der Waals surface area (Å²) in [6.45, 7) is 8.92. The molecule has 1 rings (SSSR count). The zero-order chi connectivity index (χ0) is 14.8. The van der Waals surface area contributed by atoms with Gasteiger partial charge in [-0.2, -0.15) is 0 Å². The summed E-state index contributed by atoms with van der Waals surface area (Å²) in [4.78, 5) is 13.8. The van der Waals surface area contributed by atoms with Crippen LogP contribution < -0.4 is 11.1 Å². The molecule has 20 heavy (non-hydrogen) atoms. The number of carbonyl (C=O) groups excluding carboxylic acids is 1. The molecule has 2 atom stereocenters. The first-order chi connectivity index (χ1) is 9.67. The lowest BCUT2D eigenvalue weighted by atomic mass is 10.1. The van der Waals surface area contributed by atoms with Gasteiger partial charge in [0.05, 0.1) is 12.1 Å². The Morgan fingerprint density at radius 1 is 1.45 bits per heavy atom. The van der Waals surface area contributed by atoms with E-state index in [1.54, 1.807) is 0 Å². The molecule has 1 saturated heterocycles. The number of rotatable bonds is 10. The Morgan fingerprint density at radius 3 is 2.90 bits per heavy atom. The number of nitrogens with zero attached hydrogens (tertiary/aromatic N) is 1. The van der Waals surface area contributed by atoms with Gasteiger partial charge in [-0.3, -0.25) is 4.79 Å². The summed E-state index contributed by atoms with van der Waals surface area (Å²) in [6.07, 6.45) is 5.57. The molecule has 0 aromatic carbocycles. The van der Waals surface area contributed by atoms with Gasteiger partial charge >= 0.3 is 0 Å². The highest BCUT2D eigenvalue weighted by atomic mass is 16.5. The number of piperidine rings is 1. The molecule has 1 fully saturated rings. The van der Waals surface area contributed by atoms with Crippen LogP contribution in [0.4, 0.5) is 0 Å². The Hall–Kier alpha value is -0.650. The molecule has 1 heterocycles. The van der Waals surface area contributed by atoms with Crippen molar-refractivity contribution in [3.8, 4) is 0 Å². The molecule has 118 valence electrons. The van der Waals surface area contributed by atoms with Gasteiger partial charge in [-0.25, -0.2) is 0 Å². The van der Waals surface area contributed by atoms with Gasteiger partial charge in [-0.1, -0.05) is 13.8 Å². The second-order valence-electron chi connectivity index (χ2n) is 5.63. The van der Waals surface area contributed by atoms with Gasteiger partial charge in [0.2, 0.25) is 5.91 Å². The SMILES string of the molecule is CCCNC(CCN1CCCC(OCCC)C1)C(N)=O. The van der Waals surface area contributed by atoms with Gasteiger partial charge in [0, 0.05) is 19.7 Å². The fraction of sp³-hybridized carbons (Fsp3) is 0.933. The van der Waals surface area contributed by atoms with E-state index in [0.29, 0.717) is 6.10 Å². The maximum absolute atomic E-state index is 11.4. The largest absolute Gasteiger partial charge is 0.377 e. The molecular weight excluding hydrogens is 254 g/mol. The van der Waals surface area contributed by atoms with Gasteiger partial charge in [-0.05, 0) is 45.2 Å². The topological polar surface area (TPSA) is 67.6 Å². The Bertz CT molecular complexity index is 274. The minimum Gasteiger partial charge on any atom is -0.377 e. The van der Waals surface area contributed by atoms with Gasteiger partial charge in [0.1, 0.15) is 0 Å². The Morgan fingerprint density at radius 2 is 2.25 bits per heavy atom. The standard InChI is InChI=1S/C15H31N3O2/c1-3-8-17-14(15(16)19)7-10-18-9-5-6-13(12-18)20-11-4-2/h13-14,17H,3-12H2,1-2H3,(H2,16,19). The summed E-state index contributed by atoms with van der Waals surface area (Å²) in [5.41, 5.74) is 5.44. The first-order valence-electron chi connectivity index (χ1n) is 8.04. The van der Waals surface area contributed by atoms with E-state index in [4.69, 9.17) is 10.5 Å². The van der Waals surface area contributed by atoms with Crippen molar-refractivity contribution in [2.45, 2.75) is 58.1 Å². The molecule has 1 amide bonds. The smallest absolute Gasteiger partial charge is 0.234 e. The number of ether oxygens (including phenoxy) is 1. The minimum atomic E-state index is -0.241. The van der Waals surface area contributed by atoms with Crippen molar-refractivity contribution < 1.29 is 9.53 Å². The minimum absolute atomic E-state index is 0.202. The maximum atomic E-state index is 11.4. The summed E-state index contributed by atoms with van der Waals surface area (Å²) >= 11 is 0. The molecule has 0 aromatic heterocycles. The molecule has 0 bridgehead atoms. The van der Waals surface area contributed by atoms with Crippen LogP contribution in [0, 0.1) is 0 Å². The number of amides is 1. The zero-order valence-corrected chi connectivity index (χ0v) is 13.1. The molecule has 5 heteroatoms. The van der Waals surface area contributed by atoms with Crippen LogP contribution in [0.2, 0.25) is 0 Å². The maximum Gasteiger partial charge on any atom is 0.234 e. The number of nitrogens with one attached hydrogen (secondary N) is 1. The van der Waals surface area contributed by atoms with Crippen LogP contribution in [-0.2, 0) is 9.53 Å². The molecule has 1 aliphatic heterocycles. The van der Waals surface area contributed by atoms with Crippen molar-refractivity contribution in [3.05, 3.63) is 0 Å². The number of likely N-dealkylation sites (tertiary alicyclic amines) is 1. The van der Waals surface area contributed by atoms with Gasteiger partial charge in [0.15, 0.2) is 0 Å². The predicted octanol–water partition coefficient (Wildman–Crippen LogP) is 1.12. The molecule has 1 aliphatic rings. The third-order valence-electron chi connectivity index (χ3n) is 3.74. The molecule has 2 unspecified atom stereocenters. The lowest BCUT2D eigenvalue weighted by Gasteiger charge is -2.33. The number of hydrogen-bond donors (Lipinski definition) is 2. The lowest BCUT2D eigenvalue weighted by Crippen LogP contribution is -2.46. The second-order valence-corrected chi connectivity index (χ2v) is 5.63. The van der Waals surface area contributed by atoms with Crippen LogP contribution in [0.1, 0.15) is 46.0 Å². The second kappa shape index (κ2) is 10.1. The molecule has 0 aliphatic carbocycles. The quantitative estimate of drug-likeness (QED) is 0.631. The molecule has 0 saturated carbocycles. The molecule has 0 aromatic rings. The summed E-state index contributed by atoms with van der Waals surface area (Å²) in [6, 6.07) is -0.202. The molecular formula is C15H31N3O2. The summed E-state index contributed by atoms with van der Waals surface area (Å²) < 4.78 is 5.83. The van der Waals surface area contributed by atoms with Crippen molar-refractivity contribution >= 4 is 5.91 Å². The van der Waals surface area contributed by atoms with Crippen molar-refractivity contribution in [1.29, 1.82) is 0 Å². The van der Waals surface area contributed by atoms with Crippen LogP contribution in [0.25, 0.3) is 0 Å². The number of carbonyl (C=O) groups is 1. The van der Waals surface area contributed by atoms with E-state index in [1.807, 2.05) is 0 Å². The highest BCUT2D eigenvalue weighted by molar-refractivity contribution is 5.79. The summed E-state index contributed by atoms with van der Waals surface area (Å²) in [5.74, 6) is -0.241. The van der Waals surface area contributed by atoms with E-state index in [2.05, 4.69) is 24.1 Å². The molecule has 3 N–H and O–H groups in total. The third kappa shape index (κ3) is 6.68. The predicted molar refractivity (Wildman–Crippen MR) is 81.6 cm³/mol. The van der Waals surface area contributed by atoms with Gasteiger partial charge in [0.25, 0.3) is 0 Å². The van der Waals surface area contributed by atoms with E-state index in [9.17, 15) is 4.79 Å². The van der Waals surface area contributed by atoms with Crippen LogP contribution in [0.5, 0.6) is 0 Å². The monoisotopic (exact) mass is 285 g/mol. The fourth-order valence-electron chi connectivity index (χ4n) is 2.61. The Labute approximate surface area is 123 Å². The summed E-state index contributed by atoms with van der Waals surface area (Å²) in [5, 5.41) is 3.22. The van der Waals surface area contributed by atoms with Gasteiger partial charge < -0.3 is 20.7 Å². The fourth-order valence-corrected chi connectivity index (χ4v) is 2.61. The lowest BCUT2D eigenvalue weighted by molar-refractivity contribution is -0.120. The van der Waals surface area contributed by atoms with Crippen molar-refractivity contribution in [3.63, 3.8) is 0 Å². The summed E-state index contributed by atoms with van der Waals surface area (Å²) in [7, 11) is 0. The van der Waals surface area contributed by atoms with Crippen molar-refractivity contribution in [2.24, 2.45) is 5.73 Å². The van der Waals surface area contributed by atoms with E-state index < -0.39 is 0 Å². The zero-order valence-electron chi connectivity index (χ0n) is 13.1. The third-order valence-corrected chi connectivity index (χ3v) is 3.74. The highest BCUT2D eigenvalue weighted by Gasteiger charge is 2.22. The van der Waals surface area contributed by atoms with Crippen LogP contribution >= 0.6 is 0 Å². The average molecular weight is 285 g/mol. The van der Waals surface area contributed by atoms with E-state index >= 15 is 0 Å². The first-order valence-corrected chi connectivity index (χ1v) is 8.04. The molecule has 5 nitrogen and oxygen atoms in total. The normalized spacial score (nSPS) is 21.8. The first kappa shape index (κ1) is 17.4.